The molecule has 156 valence electrons. The molecule has 0 aliphatic rings. The van der Waals surface area contributed by atoms with Crippen LogP contribution in [0.5, 0.6) is 5.75 Å². The number of hydrazone groups is 1. The normalized spacial score (nSPS) is 11.3. The standard InChI is InChI=1S/C23H16BrCl2N3O2/c24-16-6-8-22(30)19(9-16)23(31)28-27-11-15-13-29(21-4-2-1-3-18(15)21)12-14-5-7-17(25)10-20(14)26/h1-11,13,30H,12H2,(H,28,31)/b27-11-. The van der Waals surface area contributed by atoms with E-state index in [2.05, 4.69) is 31.0 Å². The van der Waals surface area contributed by atoms with Crippen molar-refractivity contribution in [2.45, 2.75) is 6.54 Å². The fraction of sp³-hybridized carbons (Fsp3) is 0.0435. The number of carbonyl (C=O) groups is 1. The molecule has 0 fully saturated rings. The highest BCUT2D eigenvalue weighted by Gasteiger charge is 2.12. The van der Waals surface area contributed by atoms with Crippen molar-refractivity contribution in [3.63, 3.8) is 0 Å². The molecule has 1 aromatic heterocycles. The lowest BCUT2D eigenvalue weighted by atomic mass is 10.2. The molecule has 1 heterocycles. The topological polar surface area (TPSA) is 66.6 Å². The van der Waals surface area contributed by atoms with Gasteiger partial charge in [-0.15, -0.1) is 0 Å². The van der Waals surface area contributed by atoms with E-state index in [4.69, 9.17) is 23.2 Å². The fourth-order valence-electron chi connectivity index (χ4n) is 3.25. The van der Waals surface area contributed by atoms with Gasteiger partial charge < -0.3 is 9.67 Å². The Morgan fingerprint density at radius 3 is 2.74 bits per heavy atom. The van der Waals surface area contributed by atoms with E-state index in [-0.39, 0.29) is 11.3 Å². The smallest absolute Gasteiger partial charge is 0.275 e. The monoisotopic (exact) mass is 515 g/mol. The van der Waals surface area contributed by atoms with E-state index in [1.807, 2.05) is 42.6 Å². The molecule has 31 heavy (non-hydrogen) atoms. The second kappa shape index (κ2) is 9.14. The summed E-state index contributed by atoms with van der Waals surface area (Å²) in [6, 6.07) is 17.9. The minimum absolute atomic E-state index is 0.118. The Morgan fingerprint density at radius 1 is 1.13 bits per heavy atom. The van der Waals surface area contributed by atoms with Crippen LogP contribution < -0.4 is 5.43 Å². The maximum absolute atomic E-state index is 12.3. The van der Waals surface area contributed by atoms with Crippen molar-refractivity contribution < 1.29 is 9.90 Å². The van der Waals surface area contributed by atoms with Gasteiger partial charge in [0.05, 0.1) is 11.8 Å². The summed E-state index contributed by atoms with van der Waals surface area (Å²) in [5, 5.41) is 16.1. The number of hydrogen-bond donors (Lipinski definition) is 2. The lowest BCUT2D eigenvalue weighted by Gasteiger charge is -2.08. The number of aromatic nitrogens is 1. The molecule has 1 amide bonds. The van der Waals surface area contributed by atoms with Crippen molar-refractivity contribution in [2.75, 3.05) is 0 Å². The van der Waals surface area contributed by atoms with E-state index in [9.17, 15) is 9.90 Å². The zero-order valence-electron chi connectivity index (χ0n) is 16.0. The van der Waals surface area contributed by atoms with Crippen LogP contribution in [0, 0.1) is 0 Å². The number of amides is 1. The maximum Gasteiger partial charge on any atom is 0.275 e. The number of fused-ring (bicyclic) bond motifs is 1. The van der Waals surface area contributed by atoms with Gasteiger partial charge in [-0.25, -0.2) is 5.43 Å². The van der Waals surface area contributed by atoms with Crippen molar-refractivity contribution in [1.82, 2.24) is 9.99 Å². The zero-order chi connectivity index (χ0) is 22.0. The predicted molar refractivity (Wildman–Crippen MR) is 128 cm³/mol. The molecular weight excluding hydrogens is 501 g/mol. The van der Waals surface area contributed by atoms with Gasteiger partial charge >= 0.3 is 0 Å². The van der Waals surface area contributed by atoms with Crippen LogP contribution in [0.2, 0.25) is 10.0 Å². The Balaban J connectivity index is 1.59. The first-order valence-electron chi connectivity index (χ1n) is 9.26. The highest BCUT2D eigenvalue weighted by atomic mass is 79.9. The summed E-state index contributed by atoms with van der Waals surface area (Å²) in [4.78, 5) is 12.3. The maximum atomic E-state index is 12.3. The minimum atomic E-state index is -0.508. The van der Waals surface area contributed by atoms with Gasteiger partial charge in [-0.05, 0) is 42.0 Å². The van der Waals surface area contributed by atoms with Crippen LogP contribution in [0.15, 0.2) is 76.4 Å². The number of nitrogens with one attached hydrogen (secondary N) is 1. The van der Waals surface area contributed by atoms with Gasteiger partial charge in [0.25, 0.3) is 5.91 Å². The van der Waals surface area contributed by atoms with Gasteiger partial charge in [0.1, 0.15) is 5.75 Å². The van der Waals surface area contributed by atoms with Crippen molar-refractivity contribution >= 4 is 62.2 Å². The van der Waals surface area contributed by atoms with Gasteiger partial charge in [0.2, 0.25) is 0 Å². The number of hydrogen-bond acceptors (Lipinski definition) is 3. The molecule has 0 radical (unpaired) electrons. The average molecular weight is 517 g/mol. The summed E-state index contributed by atoms with van der Waals surface area (Å²) in [5.74, 6) is -0.626. The molecule has 8 heteroatoms. The number of benzene rings is 3. The van der Waals surface area contributed by atoms with Crippen molar-refractivity contribution in [3.8, 4) is 5.75 Å². The molecule has 0 spiro atoms. The van der Waals surface area contributed by atoms with Crippen molar-refractivity contribution in [3.05, 3.63) is 98.1 Å². The number of phenols is 1. The molecule has 0 saturated heterocycles. The summed E-state index contributed by atoms with van der Waals surface area (Å²) in [6.45, 7) is 0.558. The number of para-hydroxylation sites is 1. The molecule has 0 saturated carbocycles. The van der Waals surface area contributed by atoms with Crippen LogP contribution in [-0.4, -0.2) is 21.8 Å². The van der Waals surface area contributed by atoms with Crippen molar-refractivity contribution in [2.24, 2.45) is 5.10 Å². The summed E-state index contributed by atoms with van der Waals surface area (Å²) >= 11 is 15.6. The van der Waals surface area contributed by atoms with E-state index < -0.39 is 5.91 Å². The zero-order valence-corrected chi connectivity index (χ0v) is 19.1. The van der Waals surface area contributed by atoms with Crippen LogP contribution in [-0.2, 0) is 6.54 Å². The molecule has 0 aliphatic heterocycles. The summed E-state index contributed by atoms with van der Waals surface area (Å²) in [6.07, 6.45) is 3.52. The molecule has 3 aromatic carbocycles. The second-order valence-corrected chi connectivity index (χ2v) is 8.59. The summed E-state index contributed by atoms with van der Waals surface area (Å²) in [5.41, 5.74) is 5.37. The average Bonchev–Trinajstić information content (AvgIpc) is 3.09. The highest BCUT2D eigenvalue weighted by Crippen LogP contribution is 2.26. The van der Waals surface area contributed by atoms with Gasteiger partial charge in [-0.2, -0.15) is 5.10 Å². The number of nitrogens with zero attached hydrogens (tertiary/aromatic N) is 2. The van der Waals surface area contributed by atoms with Gasteiger partial charge in [0.15, 0.2) is 0 Å². The molecule has 0 aliphatic carbocycles. The molecule has 4 aromatic rings. The lowest BCUT2D eigenvalue weighted by Crippen LogP contribution is -2.17. The predicted octanol–water partition coefficient (Wildman–Crippen LogP) is 6.23. The first-order chi connectivity index (χ1) is 14.9. The molecule has 0 bridgehead atoms. The Kier molecular flexibility index (Phi) is 6.32. The number of halogens is 3. The summed E-state index contributed by atoms with van der Waals surface area (Å²) in [7, 11) is 0. The molecule has 0 atom stereocenters. The first-order valence-corrected chi connectivity index (χ1v) is 10.8. The number of aromatic hydroxyl groups is 1. The first kappa shape index (κ1) is 21.4. The Morgan fingerprint density at radius 2 is 1.94 bits per heavy atom. The van der Waals surface area contributed by atoms with Gasteiger partial charge in [-0.3, -0.25) is 4.79 Å². The Hall–Kier alpha value is -2.80. The van der Waals surface area contributed by atoms with Crippen molar-refractivity contribution in [1.29, 1.82) is 0 Å². The Bertz CT molecular complexity index is 1320. The van der Waals surface area contributed by atoms with Crippen LogP contribution in [0.1, 0.15) is 21.5 Å². The second-order valence-electron chi connectivity index (χ2n) is 6.83. The van der Waals surface area contributed by atoms with Crippen LogP contribution >= 0.6 is 39.1 Å². The van der Waals surface area contributed by atoms with Crippen LogP contribution in [0.4, 0.5) is 0 Å². The molecular formula is C23H16BrCl2N3O2. The third-order valence-corrected chi connectivity index (χ3v) is 5.83. The van der Waals surface area contributed by atoms with E-state index in [0.29, 0.717) is 21.1 Å². The lowest BCUT2D eigenvalue weighted by molar-refractivity contribution is 0.0952. The van der Waals surface area contributed by atoms with E-state index in [1.54, 1.807) is 18.3 Å². The summed E-state index contributed by atoms with van der Waals surface area (Å²) < 4.78 is 2.75. The van der Waals surface area contributed by atoms with E-state index in [0.717, 1.165) is 22.0 Å². The van der Waals surface area contributed by atoms with Crippen LogP contribution in [0.3, 0.4) is 0 Å². The largest absolute Gasteiger partial charge is 0.507 e. The number of phenolic OH excluding ortho intramolecular Hbond substituents is 1. The molecule has 4 rings (SSSR count). The van der Waals surface area contributed by atoms with E-state index >= 15 is 0 Å². The third kappa shape index (κ3) is 4.77. The molecule has 5 nitrogen and oxygen atoms in total. The quantitative estimate of drug-likeness (QED) is 0.244. The molecule has 0 unspecified atom stereocenters. The fourth-order valence-corrected chi connectivity index (χ4v) is 4.08. The number of carbonyl (C=O) groups excluding carboxylic acids is 1. The Labute approximate surface area is 197 Å². The van der Waals surface area contributed by atoms with Crippen LogP contribution in [0.25, 0.3) is 10.9 Å². The highest BCUT2D eigenvalue weighted by molar-refractivity contribution is 9.10. The van der Waals surface area contributed by atoms with Gasteiger partial charge in [0, 0.05) is 43.7 Å². The van der Waals surface area contributed by atoms with E-state index in [1.165, 1.54) is 12.1 Å². The SMILES string of the molecule is O=C(N/N=C\c1cn(Cc2ccc(Cl)cc2Cl)c2ccccc12)c1cc(Br)ccc1O. The number of rotatable bonds is 5. The van der Waals surface area contributed by atoms with Gasteiger partial charge in [-0.1, -0.05) is 63.4 Å². The minimum Gasteiger partial charge on any atom is -0.507 e. The molecule has 2 N–H and O–H groups in total. The third-order valence-electron chi connectivity index (χ3n) is 4.75.